The van der Waals surface area contributed by atoms with Crippen molar-refractivity contribution in [1.82, 2.24) is 0 Å². The number of nitrogens with one attached hydrogen (secondary N) is 1. The van der Waals surface area contributed by atoms with Crippen LogP contribution < -0.4 is 11.1 Å². The first kappa shape index (κ1) is 18.9. The number of nitrogens with two attached hydrogens (primary N) is 1. The van der Waals surface area contributed by atoms with E-state index in [-0.39, 0.29) is 11.8 Å². The Bertz CT molecular complexity index is 949. The molecular weight excluding hydrogens is 356 g/mol. The Morgan fingerprint density at radius 2 is 1.63 bits per heavy atom. The van der Waals surface area contributed by atoms with Gasteiger partial charge < -0.3 is 11.1 Å². The molecule has 0 aliphatic carbocycles. The number of benzene rings is 2. The summed E-state index contributed by atoms with van der Waals surface area (Å²) in [5.74, 6) is -0.956. The van der Waals surface area contributed by atoms with Crippen molar-refractivity contribution in [3.63, 3.8) is 0 Å². The average Bonchev–Trinajstić information content (AvgIpc) is 3.00. The molecule has 0 fully saturated rings. The van der Waals surface area contributed by atoms with Gasteiger partial charge in [0.25, 0.3) is 5.91 Å². The first-order valence-corrected chi connectivity index (χ1v) is 9.69. The van der Waals surface area contributed by atoms with Crippen LogP contribution in [0.25, 0.3) is 11.1 Å². The van der Waals surface area contributed by atoms with Crippen LogP contribution in [0.2, 0.25) is 0 Å². The van der Waals surface area contributed by atoms with Crippen LogP contribution >= 0.6 is 11.3 Å². The highest BCUT2D eigenvalue weighted by atomic mass is 32.1. The molecule has 4 nitrogen and oxygen atoms in total. The molecule has 2 aromatic carbocycles. The Labute approximate surface area is 163 Å². The number of aryl methyl sites for hydroxylation is 1. The SMILES string of the molecule is CCC(C(=O)Nc1sc(C)c(-c2ccccc2)c1C(N)=O)c1ccccc1. The monoisotopic (exact) mass is 378 g/mol. The summed E-state index contributed by atoms with van der Waals surface area (Å²) in [7, 11) is 0. The van der Waals surface area contributed by atoms with E-state index in [0.29, 0.717) is 17.0 Å². The third-order valence-electron chi connectivity index (χ3n) is 4.56. The predicted molar refractivity (Wildman–Crippen MR) is 111 cm³/mol. The number of anilines is 1. The van der Waals surface area contributed by atoms with Crippen LogP contribution in [0.4, 0.5) is 5.00 Å². The molecule has 27 heavy (non-hydrogen) atoms. The molecule has 2 amide bonds. The van der Waals surface area contributed by atoms with Gasteiger partial charge in [0, 0.05) is 10.4 Å². The summed E-state index contributed by atoms with van der Waals surface area (Å²) >= 11 is 1.38. The predicted octanol–water partition coefficient (Wildman–Crippen LogP) is 4.95. The number of carbonyl (C=O) groups is 2. The van der Waals surface area contributed by atoms with Gasteiger partial charge in [-0.3, -0.25) is 9.59 Å². The smallest absolute Gasteiger partial charge is 0.252 e. The van der Waals surface area contributed by atoms with E-state index < -0.39 is 5.91 Å². The molecule has 0 saturated carbocycles. The molecule has 0 aliphatic rings. The summed E-state index contributed by atoms with van der Waals surface area (Å²) in [6.45, 7) is 3.91. The zero-order valence-corrected chi connectivity index (χ0v) is 16.2. The van der Waals surface area contributed by atoms with Crippen molar-refractivity contribution in [3.05, 3.63) is 76.7 Å². The lowest BCUT2D eigenvalue weighted by atomic mass is 9.95. The number of thiophene rings is 1. The van der Waals surface area contributed by atoms with E-state index in [1.54, 1.807) is 0 Å². The largest absolute Gasteiger partial charge is 0.365 e. The van der Waals surface area contributed by atoms with Crippen molar-refractivity contribution < 1.29 is 9.59 Å². The standard InChI is InChI=1S/C22H22N2O2S/c1-3-17(15-10-6-4-7-11-15)21(26)24-22-19(20(23)25)18(14(2)27-22)16-12-8-5-9-13-16/h4-13,17H,3H2,1-2H3,(H2,23,25)(H,24,26). The molecule has 3 rings (SSSR count). The molecule has 0 aliphatic heterocycles. The lowest BCUT2D eigenvalue weighted by molar-refractivity contribution is -0.117. The summed E-state index contributed by atoms with van der Waals surface area (Å²) in [5.41, 5.74) is 8.71. The topological polar surface area (TPSA) is 72.2 Å². The molecule has 0 spiro atoms. The first-order valence-electron chi connectivity index (χ1n) is 8.87. The molecule has 0 radical (unpaired) electrons. The summed E-state index contributed by atoms with van der Waals surface area (Å²) < 4.78 is 0. The molecule has 3 aromatic rings. The minimum atomic E-state index is -0.540. The maximum Gasteiger partial charge on any atom is 0.252 e. The van der Waals surface area contributed by atoms with Crippen molar-refractivity contribution in [2.24, 2.45) is 5.73 Å². The van der Waals surface area contributed by atoms with E-state index in [1.807, 2.05) is 74.5 Å². The number of carbonyl (C=O) groups excluding carboxylic acids is 2. The van der Waals surface area contributed by atoms with Gasteiger partial charge in [0.2, 0.25) is 5.91 Å². The zero-order valence-electron chi connectivity index (χ0n) is 15.4. The number of hydrogen-bond acceptors (Lipinski definition) is 3. The molecular formula is C22H22N2O2S. The van der Waals surface area contributed by atoms with E-state index in [9.17, 15) is 9.59 Å². The molecule has 1 heterocycles. The van der Waals surface area contributed by atoms with Crippen molar-refractivity contribution in [3.8, 4) is 11.1 Å². The second-order valence-electron chi connectivity index (χ2n) is 6.33. The summed E-state index contributed by atoms with van der Waals surface area (Å²) in [5, 5.41) is 3.46. The maximum absolute atomic E-state index is 12.9. The highest BCUT2D eigenvalue weighted by Crippen LogP contribution is 2.40. The lowest BCUT2D eigenvalue weighted by Gasteiger charge is -2.15. The Morgan fingerprint density at radius 3 is 2.19 bits per heavy atom. The summed E-state index contributed by atoms with van der Waals surface area (Å²) in [6, 6.07) is 19.3. The first-order chi connectivity index (χ1) is 13.0. The molecule has 138 valence electrons. The van der Waals surface area contributed by atoms with E-state index in [2.05, 4.69) is 5.32 Å². The van der Waals surface area contributed by atoms with Gasteiger partial charge in [-0.15, -0.1) is 11.3 Å². The van der Waals surface area contributed by atoms with E-state index in [4.69, 9.17) is 5.73 Å². The van der Waals surface area contributed by atoms with Crippen LogP contribution in [0, 0.1) is 6.92 Å². The quantitative estimate of drug-likeness (QED) is 0.637. The van der Waals surface area contributed by atoms with Gasteiger partial charge in [0.1, 0.15) is 5.00 Å². The average molecular weight is 378 g/mol. The second kappa shape index (κ2) is 8.18. The molecule has 3 N–H and O–H groups in total. The Balaban J connectivity index is 1.98. The van der Waals surface area contributed by atoms with Crippen LogP contribution in [0.1, 0.15) is 40.1 Å². The lowest BCUT2D eigenvalue weighted by Crippen LogP contribution is -2.22. The Morgan fingerprint density at radius 1 is 1.04 bits per heavy atom. The molecule has 1 aromatic heterocycles. The minimum Gasteiger partial charge on any atom is -0.365 e. The molecule has 1 unspecified atom stereocenters. The van der Waals surface area contributed by atoms with Crippen LogP contribution in [0.15, 0.2) is 60.7 Å². The third kappa shape index (κ3) is 3.93. The maximum atomic E-state index is 12.9. The second-order valence-corrected chi connectivity index (χ2v) is 7.55. The highest BCUT2D eigenvalue weighted by molar-refractivity contribution is 7.17. The fourth-order valence-electron chi connectivity index (χ4n) is 3.28. The van der Waals surface area contributed by atoms with E-state index in [1.165, 1.54) is 11.3 Å². The highest BCUT2D eigenvalue weighted by Gasteiger charge is 2.25. The number of hydrogen-bond donors (Lipinski definition) is 2. The van der Waals surface area contributed by atoms with Crippen LogP contribution in [-0.2, 0) is 4.79 Å². The van der Waals surface area contributed by atoms with Crippen molar-refractivity contribution in [1.29, 1.82) is 0 Å². The van der Waals surface area contributed by atoms with E-state index >= 15 is 0 Å². The van der Waals surface area contributed by atoms with Gasteiger partial charge >= 0.3 is 0 Å². The van der Waals surface area contributed by atoms with Gasteiger partial charge in [-0.2, -0.15) is 0 Å². The van der Waals surface area contributed by atoms with Gasteiger partial charge in [-0.25, -0.2) is 0 Å². The van der Waals surface area contributed by atoms with E-state index in [0.717, 1.165) is 21.6 Å². The molecule has 1 atom stereocenters. The molecule has 0 saturated heterocycles. The Hall–Kier alpha value is -2.92. The fraction of sp³-hybridized carbons (Fsp3) is 0.182. The number of amides is 2. The van der Waals surface area contributed by atoms with Crippen molar-refractivity contribution in [2.75, 3.05) is 5.32 Å². The zero-order chi connectivity index (χ0) is 19.4. The normalized spacial score (nSPS) is 11.8. The van der Waals surface area contributed by atoms with Crippen LogP contribution in [-0.4, -0.2) is 11.8 Å². The molecule has 0 bridgehead atoms. The van der Waals surface area contributed by atoms with Gasteiger partial charge in [-0.05, 0) is 24.5 Å². The van der Waals surface area contributed by atoms with Gasteiger partial charge in [-0.1, -0.05) is 67.6 Å². The molecule has 5 heteroatoms. The van der Waals surface area contributed by atoms with Gasteiger partial charge in [0.05, 0.1) is 11.5 Å². The third-order valence-corrected chi connectivity index (χ3v) is 5.58. The minimum absolute atomic E-state index is 0.132. The number of rotatable bonds is 6. The van der Waals surface area contributed by atoms with Crippen LogP contribution in [0.5, 0.6) is 0 Å². The number of primary amides is 1. The Kier molecular flexibility index (Phi) is 5.72. The van der Waals surface area contributed by atoms with Crippen LogP contribution in [0.3, 0.4) is 0 Å². The van der Waals surface area contributed by atoms with Crippen molar-refractivity contribution in [2.45, 2.75) is 26.2 Å². The summed E-state index contributed by atoms with van der Waals surface area (Å²) in [4.78, 5) is 26.1. The summed E-state index contributed by atoms with van der Waals surface area (Å²) in [6.07, 6.45) is 0.664. The van der Waals surface area contributed by atoms with Gasteiger partial charge in [0.15, 0.2) is 0 Å². The fourth-order valence-corrected chi connectivity index (χ4v) is 4.36. The van der Waals surface area contributed by atoms with Crippen molar-refractivity contribution >= 4 is 28.2 Å².